The SMILES string of the molecule is COC(CCCOc1ccc(C(=O)N(C=O)C2CCC(=O)NC2=O)c(C)c1)OC. The third-order valence-electron chi connectivity index (χ3n) is 4.70. The van der Waals surface area contributed by atoms with Crippen LogP contribution in [0.1, 0.15) is 41.6 Å². The fourth-order valence-corrected chi connectivity index (χ4v) is 3.09. The van der Waals surface area contributed by atoms with E-state index < -0.39 is 23.8 Å². The first-order valence-electron chi connectivity index (χ1n) is 9.32. The summed E-state index contributed by atoms with van der Waals surface area (Å²) in [6.07, 6.45) is 1.64. The lowest BCUT2D eigenvalue weighted by Gasteiger charge is -2.28. The number of amides is 4. The van der Waals surface area contributed by atoms with Gasteiger partial charge in [0.05, 0.1) is 6.61 Å². The highest BCUT2D eigenvalue weighted by Gasteiger charge is 2.35. The predicted molar refractivity (Wildman–Crippen MR) is 102 cm³/mol. The lowest BCUT2D eigenvalue weighted by Crippen LogP contribution is -2.53. The molecular weight excluding hydrogens is 380 g/mol. The monoisotopic (exact) mass is 406 g/mol. The molecule has 0 aromatic heterocycles. The van der Waals surface area contributed by atoms with Crippen LogP contribution in [0.25, 0.3) is 0 Å². The Bertz CT molecular complexity index is 761. The molecule has 9 heteroatoms. The molecule has 1 aliphatic heterocycles. The van der Waals surface area contributed by atoms with E-state index in [2.05, 4.69) is 5.32 Å². The third kappa shape index (κ3) is 5.85. The third-order valence-corrected chi connectivity index (χ3v) is 4.70. The summed E-state index contributed by atoms with van der Waals surface area (Å²) >= 11 is 0. The van der Waals surface area contributed by atoms with E-state index >= 15 is 0 Å². The molecule has 0 radical (unpaired) electrons. The highest BCUT2D eigenvalue weighted by Crippen LogP contribution is 2.21. The quantitative estimate of drug-likeness (QED) is 0.269. The molecule has 1 N–H and O–H groups in total. The van der Waals surface area contributed by atoms with Gasteiger partial charge < -0.3 is 14.2 Å². The van der Waals surface area contributed by atoms with Crippen LogP contribution in [0, 0.1) is 6.92 Å². The Morgan fingerprint density at radius 1 is 1.31 bits per heavy atom. The summed E-state index contributed by atoms with van der Waals surface area (Å²) < 4.78 is 15.9. The van der Waals surface area contributed by atoms with Gasteiger partial charge in [0, 0.05) is 32.6 Å². The van der Waals surface area contributed by atoms with Crippen LogP contribution in [0.15, 0.2) is 18.2 Å². The largest absolute Gasteiger partial charge is 0.494 e. The molecule has 9 nitrogen and oxygen atoms in total. The molecule has 0 spiro atoms. The standard InChI is InChI=1S/C20H26N2O7/c1-13-11-14(29-10-4-5-18(27-2)28-3)6-7-15(13)20(26)22(12-23)16-8-9-17(24)21-19(16)25/h6-7,11-12,16,18H,4-5,8-10H2,1-3H3,(H,21,24,25). The second kappa shape index (κ2) is 10.7. The number of piperidine rings is 1. The minimum absolute atomic E-state index is 0.0762. The van der Waals surface area contributed by atoms with Crippen LogP contribution in [0.3, 0.4) is 0 Å². The van der Waals surface area contributed by atoms with Crippen LogP contribution in [0.4, 0.5) is 0 Å². The topological polar surface area (TPSA) is 111 Å². The van der Waals surface area contributed by atoms with Crippen molar-refractivity contribution < 1.29 is 33.4 Å². The number of carbonyl (C=O) groups excluding carboxylic acids is 4. The molecule has 1 saturated heterocycles. The van der Waals surface area contributed by atoms with Crippen molar-refractivity contribution in [1.29, 1.82) is 0 Å². The van der Waals surface area contributed by atoms with Crippen molar-refractivity contribution >= 4 is 24.1 Å². The molecule has 0 saturated carbocycles. The van der Waals surface area contributed by atoms with Crippen molar-refractivity contribution in [3.05, 3.63) is 29.3 Å². The van der Waals surface area contributed by atoms with Crippen LogP contribution < -0.4 is 10.1 Å². The Kier molecular flexibility index (Phi) is 8.29. The lowest BCUT2D eigenvalue weighted by molar-refractivity contribution is -0.139. The van der Waals surface area contributed by atoms with E-state index in [9.17, 15) is 19.2 Å². The van der Waals surface area contributed by atoms with Gasteiger partial charge in [-0.15, -0.1) is 0 Å². The van der Waals surface area contributed by atoms with Crippen molar-refractivity contribution in [3.8, 4) is 5.75 Å². The molecule has 0 bridgehead atoms. The number of imide groups is 2. The fourth-order valence-electron chi connectivity index (χ4n) is 3.09. The number of hydrogen-bond acceptors (Lipinski definition) is 7. The summed E-state index contributed by atoms with van der Waals surface area (Å²) in [6, 6.07) is 3.90. The van der Waals surface area contributed by atoms with Crippen molar-refractivity contribution in [1.82, 2.24) is 10.2 Å². The van der Waals surface area contributed by atoms with Gasteiger partial charge in [0.15, 0.2) is 6.29 Å². The Morgan fingerprint density at radius 2 is 2.03 bits per heavy atom. The van der Waals surface area contributed by atoms with Crippen LogP contribution in [0.5, 0.6) is 5.75 Å². The molecule has 1 aliphatic rings. The van der Waals surface area contributed by atoms with Crippen molar-refractivity contribution in [2.24, 2.45) is 0 Å². The number of benzene rings is 1. The van der Waals surface area contributed by atoms with E-state index in [0.29, 0.717) is 30.8 Å². The molecule has 1 aromatic rings. The minimum atomic E-state index is -0.998. The van der Waals surface area contributed by atoms with Gasteiger partial charge in [0.1, 0.15) is 11.8 Å². The average Bonchev–Trinajstić information content (AvgIpc) is 2.70. The maximum Gasteiger partial charge on any atom is 0.261 e. The highest BCUT2D eigenvalue weighted by molar-refractivity contribution is 6.07. The second-order valence-electron chi connectivity index (χ2n) is 6.65. The van der Waals surface area contributed by atoms with Crippen molar-refractivity contribution in [3.63, 3.8) is 0 Å². The van der Waals surface area contributed by atoms with E-state index in [4.69, 9.17) is 14.2 Å². The molecule has 1 atom stereocenters. The first-order chi connectivity index (χ1) is 13.9. The van der Waals surface area contributed by atoms with E-state index in [0.717, 1.165) is 11.3 Å². The zero-order valence-electron chi connectivity index (χ0n) is 16.8. The Balaban J connectivity index is 2.01. The molecule has 1 heterocycles. The van der Waals surface area contributed by atoms with Gasteiger partial charge in [-0.25, -0.2) is 0 Å². The minimum Gasteiger partial charge on any atom is -0.494 e. The average molecular weight is 406 g/mol. The number of carbonyl (C=O) groups is 4. The van der Waals surface area contributed by atoms with E-state index in [-0.39, 0.29) is 24.7 Å². The zero-order valence-corrected chi connectivity index (χ0v) is 16.8. The van der Waals surface area contributed by atoms with Gasteiger partial charge >= 0.3 is 0 Å². The molecule has 2 rings (SSSR count). The van der Waals surface area contributed by atoms with Crippen LogP contribution in [-0.4, -0.2) is 62.2 Å². The number of ether oxygens (including phenoxy) is 3. The Labute approximate surface area is 169 Å². The number of nitrogens with one attached hydrogen (secondary N) is 1. The Hall–Kier alpha value is -2.78. The van der Waals surface area contributed by atoms with Crippen LogP contribution in [0.2, 0.25) is 0 Å². The Morgan fingerprint density at radius 3 is 2.62 bits per heavy atom. The van der Waals surface area contributed by atoms with Gasteiger partial charge in [-0.05, 0) is 43.5 Å². The van der Waals surface area contributed by atoms with Gasteiger partial charge in [-0.2, -0.15) is 0 Å². The van der Waals surface area contributed by atoms with Gasteiger partial charge in [-0.3, -0.25) is 29.4 Å². The first-order valence-corrected chi connectivity index (χ1v) is 9.32. The number of methoxy groups -OCH3 is 2. The zero-order chi connectivity index (χ0) is 21.4. The summed E-state index contributed by atoms with van der Waals surface area (Å²) in [5, 5.41) is 2.15. The number of aryl methyl sites for hydroxylation is 1. The summed E-state index contributed by atoms with van der Waals surface area (Å²) in [6.45, 7) is 2.17. The van der Waals surface area contributed by atoms with Crippen molar-refractivity contribution in [2.75, 3.05) is 20.8 Å². The smallest absolute Gasteiger partial charge is 0.261 e. The van der Waals surface area contributed by atoms with Crippen molar-refractivity contribution in [2.45, 2.75) is 44.9 Å². The molecule has 29 heavy (non-hydrogen) atoms. The molecule has 1 fully saturated rings. The van der Waals surface area contributed by atoms with Gasteiger partial charge in [-0.1, -0.05) is 0 Å². The maximum absolute atomic E-state index is 12.8. The number of hydrogen-bond donors (Lipinski definition) is 1. The summed E-state index contributed by atoms with van der Waals surface area (Å²) in [7, 11) is 3.15. The highest BCUT2D eigenvalue weighted by atomic mass is 16.7. The normalized spacial score (nSPS) is 16.5. The lowest BCUT2D eigenvalue weighted by atomic mass is 10.0. The number of nitrogens with zero attached hydrogens (tertiary/aromatic N) is 1. The molecule has 1 aromatic carbocycles. The summed E-state index contributed by atoms with van der Waals surface area (Å²) in [4.78, 5) is 48.4. The molecule has 1 unspecified atom stereocenters. The molecule has 4 amide bonds. The van der Waals surface area contributed by atoms with Crippen LogP contribution >= 0.6 is 0 Å². The van der Waals surface area contributed by atoms with Gasteiger partial charge in [0.25, 0.3) is 5.91 Å². The maximum atomic E-state index is 12.8. The molecule has 0 aliphatic carbocycles. The second-order valence-corrected chi connectivity index (χ2v) is 6.65. The van der Waals surface area contributed by atoms with E-state index in [1.807, 2.05) is 0 Å². The summed E-state index contributed by atoms with van der Waals surface area (Å²) in [5.74, 6) is -1.07. The molecule has 158 valence electrons. The van der Waals surface area contributed by atoms with E-state index in [1.54, 1.807) is 39.3 Å². The predicted octanol–water partition coefficient (Wildman–Crippen LogP) is 1.18. The number of rotatable bonds is 10. The molecular formula is C20H26N2O7. The fraction of sp³-hybridized carbons (Fsp3) is 0.500. The first kappa shape index (κ1) is 22.5. The van der Waals surface area contributed by atoms with Gasteiger partial charge in [0.2, 0.25) is 18.2 Å². The van der Waals surface area contributed by atoms with E-state index in [1.165, 1.54) is 0 Å². The van der Waals surface area contributed by atoms with Crippen LogP contribution in [-0.2, 0) is 23.9 Å². The summed E-state index contributed by atoms with van der Waals surface area (Å²) in [5.41, 5.74) is 0.895.